The van der Waals surface area contributed by atoms with Gasteiger partial charge in [0.2, 0.25) is 0 Å². The molecule has 3 N–H and O–H groups in total. The smallest absolute Gasteiger partial charge is 0.256 e. The minimum absolute atomic E-state index is 0.164. The number of hydrogen-bond acceptors (Lipinski definition) is 4. The average Bonchev–Trinajstić information content (AvgIpc) is 3.12. The van der Waals surface area contributed by atoms with Crippen molar-refractivity contribution in [3.8, 4) is 0 Å². The van der Waals surface area contributed by atoms with Crippen LogP contribution in [0.15, 0.2) is 64.5 Å². The van der Waals surface area contributed by atoms with Crippen molar-refractivity contribution < 1.29 is 9.59 Å². The van der Waals surface area contributed by atoms with Gasteiger partial charge in [-0.3, -0.25) is 14.7 Å². The zero-order chi connectivity index (χ0) is 17.9. The summed E-state index contributed by atoms with van der Waals surface area (Å²) in [7, 11) is 0. The SMILES string of the molecule is O=C(NCCc1cc[nH]n1)c1ccc2c(c1)NC(=O)c1ccccc1S2. The molecule has 4 rings (SSSR count). The Balaban J connectivity index is 1.49. The molecule has 2 heterocycles. The number of hydrogen-bond donors (Lipinski definition) is 3. The second-order valence-corrected chi connectivity index (χ2v) is 6.92. The number of rotatable bonds is 4. The largest absolute Gasteiger partial charge is 0.352 e. The first-order valence-corrected chi connectivity index (χ1v) is 9.01. The van der Waals surface area contributed by atoms with E-state index in [-0.39, 0.29) is 11.8 Å². The van der Waals surface area contributed by atoms with Crippen molar-refractivity contribution in [2.24, 2.45) is 0 Å². The summed E-state index contributed by atoms with van der Waals surface area (Å²) in [6.45, 7) is 0.493. The molecular formula is C19H16N4O2S. The molecule has 130 valence electrons. The monoisotopic (exact) mass is 364 g/mol. The second-order valence-electron chi connectivity index (χ2n) is 5.83. The van der Waals surface area contributed by atoms with E-state index in [2.05, 4.69) is 20.8 Å². The maximum absolute atomic E-state index is 12.4. The van der Waals surface area contributed by atoms with Crippen LogP contribution in [0.2, 0.25) is 0 Å². The Kier molecular flexibility index (Phi) is 4.45. The average molecular weight is 364 g/mol. The number of aromatic nitrogens is 2. The summed E-state index contributed by atoms with van der Waals surface area (Å²) < 4.78 is 0. The van der Waals surface area contributed by atoms with E-state index < -0.39 is 0 Å². The number of anilines is 1. The molecule has 7 heteroatoms. The fourth-order valence-electron chi connectivity index (χ4n) is 2.75. The number of nitrogens with zero attached hydrogens (tertiary/aromatic N) is 1. The van der Waals surface area contributed by atoms with Crippen molar-refractivity contribution in [1.82, 2.24) is 15.5 Å². The van der Waals surface area contributed by atoms with Crippen molar-refractivity contribution in [1.29, 1.82) is 0 Å². The van der Waals surface area contributed by atoms with Crippen LogP contribution in [0.4, 0.5) is 5.69 Å². The van der Waals surface area contributed by atoms with Crippen LogP contribution in [0.1, 0.15) is 26.4 Å². The second kappa shape index (κ2) is 7.05. The van der Waals surface area contributed by atoms with Crippen LogP contribution < -0.4 is 10.6 Å². The number of benzene rings is 2. The molecule has 1 aliphatic rings. The molecule has 1 aromatic heterocycles. The highest BCUT2D eigenvalue weighted by Gasteiger charge is 2.20. The molecule has 0 unspecified atom stereocenters. The molecule has 3 aromatic rings. The molecule has 0 bridgehead atoms. The first-order valence-electron chi connectivity index (χ1n) is 8.20. The fourth-order valence-corrected chi connectivity index (χ4v) is 3.76. The van der Waals surface area contributed by atoms with Gasteiger partial charge in [0.05, 0.1) is 16.9 Å². The lowest BCUT2D eigenvalue weighted by molar-refractivity contribution is 0.0952. The van der Waals surface area contributed by atoms with E-state index in [1.165, 1.54) is 11.8 Å². The van der Waals surface area contributed by atoms with Crippen molar-refractivity contribution in [2.75, 3.05) is 11.9 Å². The minimum atomic E-state index is -0.177. The number of carbonyl (C=O) groups excluding carboxylic acids is 2. The zero-order valence-electron chi connectivity index (χ0n) is 13.8. The standard InChI is InChI=1S/C19H16N4O2S/c24-18(20-9-7-13-8-10-21-23-13)12-5-6-17-15(11-12)22-19(25)14-3-1-2-4-16(14)26-17/h1-6,8,10-11H,7,9H2,(H,20,24)(H,21,23)(H,22,25). The van der Waals surface area contributed by atoms with Crippen molar-refractivity contribution in [3.05, 3.63) is 71.5 Å². The van der Waals surface area contributed by atoms with Crippen molar-refractivity contribution in [2.45, 2.75) is 16.2 Å². The molecule has 0 spiro atoms. The highest BCUT2D eigenvalue weighted by molar-refractivity contribution is 7.99. The summed E-state index contributed by atoms with van der Waals surface area (Å²) in [6, 6.07) is 14.7. The zero-order valence-corrected chi connectivity index (χ0v) is 14.6. The summed E-state index contributed by atoms with van der Waals surface area (Å²) in [5.74, 6) is -0.340. The van der Waals surface area contributed by atoms with Gasteiger partial charge in [-0.25, -0.2) is 0 Å². The Bertz CT molecular complexity index is 969. The van der Waals surface area contributed by atoms with E-state index >= 15 is 0 Å². The fraction of sp³-hybridized carbons (Fsp3) is 0.105. The van der Waals surface area contributed by atoms with E-state index in [0.717, 1.165) is 15.5 Å². The minimum Gasteiger partial charge on any atom is -0.352 e. The maximum atomic E-state index is 12.4. The summed E-state index contributed by atoms with van der Waals surface area (Å²) in [5.41, 5.74) is 2.70. The molecule has 0 saturated carbocycles. The van der Waals surface area contributed by atoms with Crippen LogP contribution in [-0.2, 0) is 6.42 Å². The molecular weight excluding hydrogens is 348 g/mol. The predicted octanol–water partition coefficient (Wildman–Crippen LogP) is 3.10. The highest BCUT2D eigenvalue weighted by atomic mass is 32.2. The molecule has 0 fully saturated rings. The quantitative estimate of drug-likeness (QED) is 0.664. The Labute approximate surface area is 154 Å². The molecule has 0 aliphatic carbocycles. The maximum Gasteiger partial charge on any atom is 0.256 e. The first kappa shape index (κ1) is 16.4. The van der Waals surface area contributed by atoms with Crippen LogP contribution >= 0.6 is 11.8 Å². The van der Waals surface area contributed by atoms with E-state index in [9.17, 15) is 9.59 Å². The van der Waals surface area contributed by atoms with Crippen LogP contribution in [-0.4, -0.2) is 28.6 Å². The Morgan fingerprint density at radius 2 is 2.00 bits per heavy atom. The third kappa shape index (κ3) is 3.34. The highest BCUT2D eigenvalue weighted by Crippen LogP contribution is 2.38. The van der Waals surface area contributed by atoms with Crippen LogP contribution in [0, 0.1) is 0 Å². The Morgan fingerprint density at radius 1 is 1.12 bits per heavy atom. The van der Waals surface area contributed by atoms with Gasteiger partial charge >= 0.3 is 0 Å². The van der Waals surface area contributed by atoms with Crippen LogP contribution in [0.3, 0.4) is 0 Å². The molecule has 26 heavy (non-hydrogen) atoms. The molecule has 0 atom stereocenters. The van der Waals surface area contributed by atoms with E-state index in [1.54, 1.807) is 24.4 Å². The number of aromatic amines is 1. The van der Waals surface area contributed by atoms with Gasteiger partial charge < -0.3 is 10.6 Å². The topological polar surface area (TPSA) is 86.9 Å². The van der Waals surface area contributed by atoms with Gasteiger partial charge in [0.25, 0.3) is 11.8 Å². The van der Waals surface area contributed by atoms with E-state index in [4.69, 9.17) is 0 Å². The molecule has 0 saturated heterocycles. The lowest BCUT2D eigenvalue weighted by Crippen LogP contribution is -2.26. The van der Waals surface area contributed by atoms with Gasteiger partial charge in [0, 0.05) is 34.5 Å². The summed E-state index contributed by atoms with van der Waals surface area (Å²) in [4.78, 5) is 26.6. The Morgan fingerprint density at radius 3 is 2.85 bits per heavy atom. The van der Waals surface area contributed by atoms with Gasteiger partial charge in [-0.1, -0.05) is 23.9 Å². The van der Waals surface area contributed by atoms with Crippen molar-refractivity contribution in [3.63, 3.8) is 0 Å². The number of H-pyrrole nitrogens is 1. The van der Waals surface area contributed by atoms with Crippen LogP contribution in [0.25, 0.3) is 0 Å². The van der Waals surface area contributed by atoms with Crippen molar-refractivity contribution >= 4 is 29.3 Å². The van der Waals surface area contributed by atoms with E-state index in [0.29, 0.717) is 29.8 Å². The third-order valence-electron chi connectivity index (χ3n) is 4.07. The van der Waals surface area contributed by atoms with Crippen LogP contribution in [0.5, 0.6) is 0 Å². The third-order valence-corrected chi connectivity index (χ3v) is 5.22. The Hall–Kier alpha value is -3.06. The molecule has 2 amide bonds. The predicted molar refractivity (Wildman–Crippen MR) is 99.6 cm³/mol. The molecule has 1 aliphatic heterocycles. The lowest BCUT2D eigenvalue weighted by atomic mass is 10.1. The molecule has 0 radical (unpaired) electrons. The lowest BCUT2D eigenvalue weighted by Gasteiger charge is -2.09. The van der Waals surface area contributed by atoms with E-state index in [1.807, 2.05) is 30.3 Å². The summed E-state index contributed by atoms with van der Waals surface area (Å²) >= 11 is 1.52. The molecule has 2 aromatic carbocycles. The summed E-state index contributed by atoms with van der Waals surface area (Å²) in [6.07, 6.45) is 2.41. The van der Waals surface area contributed by atoms with Gasteiger partial charge in [-0.15, -0.1) is 0 Å². The normalized spacial score (nSPS) is 12.5. The van der Waals surface area contributed by atoms with Gasteiger partial charge in [0.15, 0.2) is 0 Å². The summed E-state index contributed by atoms with van der Waals surface area (Å²) in [5, 5.41) is 12.6. The first-order chi connectivity index (χ1) is 12.7. The number of fused-ring (bicyclic) bond motifs is 2. The molecule has 6 nitrogen and oxygen atoms in total. The number of amides is 2. The van der Waals surface area contributed by atoms with Gasteiger partial charge in [-0.2, -0.15) is 5.10 Å². The number of carbonyl (C=O) groups is 2. The van der Waals surface area contributed by atoms with Gasteiger partial charge in [0.1, 0.15) is 0 Å². The number of nitrogens with one attached hydrogen (secondary N) is 3. The van der Waals surface area contributed by atoms with Gasteiger partial charge in [-0.05, 0) is 36.4 Å².